The van der Waals surface area contributed by atoms with Gasteiger partial charge >= 0.3 is 0 Å². The van der Waals surface area contributed by atoms with Gasteiger partial charge in [0, 0.05) is 19.0 Å². The molecule has 1 aromatic rings. The van der Waals surface area contributed by atoms with Gasteiger partial charge in [0.05, 0.1) is 12.7 Å². The van der Waals surface area contributed by atoms with Crippen LogP contribution in [0.2, 0.25) is 0 Å². The number of nitrogens with zero attached hydrogens (tertiary/aromatic N) is 1. The summed E-state index contributed by atoms with van der Waals surface area (Å²) in [7, 11) is 0. The lowest BCUT2D eigenvalue weighted by atomic mass is 10.1. The molecule has 0 aliphatic carbocycles. The van der Waals surface area contributed by atoms with Crippen LogP contribution in [-0.4, -0.2) is 30.0 Å². The maximum Gasteiger partial charge on any atom is 0.225 e. The number of benzene rings is 1. The molecule has 0 bridgehead atoms. The van der Waals surface area contributed by atoms with Gasteiger partial charge in [-0.3, -0.25) is 4.79 Å². The second-order valence-electron chi connectivity index (χ2n) is 6.00. The fourth-order valence-electron chi connectivity index (χ4n) is 2.66. The standard InChI is InChI=1S/C17H25NO2/c1-13(2)17(19)18-9-5-8-16(11-18)20-12-15-7-4-6-14(3)10-15/h4,6-7,10,13,16H,5,8-9,11-12H2,1-3H3/t16-/m1/s1. The Bertz CT molecular complexity index is 456. The zero-order valence-electron chi connectivity index (χ0n) is 12.8. The van der Waals surface area contributed by atoms with Gasteiger partial charge in [0.25, 0.3) is 0 Å². The molecule has 1 saturated heterocycles. The van der Waals surface area contributed by atoms with Crippen LogP contribution in [0.4, 0.5) is 0 Å². The minimum atomic E-state index is 0.0746. The summed E-state index contributed by atoms with van der Waals surface area (Å²) in [6, 6.07) is 8.39. The number of hydrogen-bond donors (Lipinski definition) is 0. The smallest absolute Gasteiger partial charge is 0.225 e. The van der Waals surface area contributed by atoms with Crippen LogP contribution in [0.3, 0.4) is 0 Å². The first-order valence-electron chi connectivity index (χ1n) is 7.52. The van der Waals surface area contributed by atoms with E-state index in [1.165, 1.54) is 11.1 Å². The average molecular weight is 275 g/mol. The zero-order valence-corrected chi connectivity index (χ0v) is 12.8. The highest BCUT2D eigenvalue weighted by Crippen LogP contribution is 2.17. The van der Waals surface area contributed by atoms with E-state index in [9.17, 15) is 4.79 Å². The molecule has 1 atom stereocenters. The van der Waals surface area contributed by atoms with Gasteiger partial charge in [-0.1, -0.05) is 43.7 Å². The first kappa shape index (κ1) is 15.0. The van der Waals surface area contributed by atoms with Crippen LogP contribution in [0.1, 0.15) is 37.8 Å². The molecule has 2 rings (SSSR count). The molecule has 110 valence electrons. The van der Waals surface area contributed by atoms with Gasteiger partial charge in [-0.05, 0) is 25.3 Å². The van der Waals surface area contributed by atoms with E-state index in [1.807, 2.05) is 18.7 Å². The molecule has 3 heteroatoms. The van der Waals surface area contributed by atoms with Crippen LogP contribution in [0.15, 0.2) is 24.3 Å². The van der Waals surface area contributed by atoms with Crippen molar-refractivity contribution < 1.29 is 9.53 Å². The average Bonchev–Trinajstić information content (AvgIpc) is 2.44. The number of amides is 1. The van der Waals surface area contributed by atoms with Gasteiger partial charge in [0.1, 0.15) is 0 Å². The van der Waals surface area contributed by atoms with Crippen molar-refractivity contribution in [3.05, 3.63) is 35.4 Å². The molecule has 0 radical (unpaired) electrons. The maximum absolute atomic E-state index is 12.0. The van der Waals surface area contributed by atoms with E-state index in [0.717, 1.165) is 25.9 Å². The lowest BCUT2D eigenvalue weighted by Gasteiger charge is -2.33. The Morgan fingerprint density at radius 1 is 1.45 bits per heavy atom. The highest BCUT2D eigenvalue weighted by molar-refractivity contribution is 5.78. The highest BCUT2D eigenvalue weighted by Gasteiger charge is 2.25. The summed E-state index contributed by atoms with van der Waals surface area (Å²) in [6.45, 7) is 8.26. The molecule has 1 aromatic carbocycles. The van der Waals surface area contributed by atoms with Crippen LogP contribution in [0.25, 0.3) is 0 Å². The molecular weight excluding hydrogens is 250 g/mol. The maximum atomic E-state index is 12.0. The molecule has 0 N–H and O–H groups in total. The predicted molar refractivity (Wildman–Crippen MR) is 80.4 cm³/mol. The van der Waals surface area contributed by atoms with Crippen molar-refractivity contribution in [1.29, 1.82) is 0 Å². The Hall–Kier alpha value is -1.35. The summed E-state index contributed by atoms with van der Waals surface area (Å²) in [5.74, 6) is 0.319. The van der Waals surface area contributed by atoms with Crippen LogP contribution < -0.4 is 0 Å². The first-order valence-corrected chi connectivity index (χ1v) is 7.52. The van der Waals surface area contributed by atoms with Crippen LogP contribution in [0, 0.1) is 12.8 Å². The van der Waals surface area contributed by atoms with E-state index in [2.05, 4.69) is 31.2 Å². The van der Waals surface area contributed by atoms with E-state index < -0.39 is 0 Å². The number of likely N-dealkylation sites (tertiary alicyclic amines) is 1. The number of ether oxygens (including phenoxy) is 1. The number of carbonyl (C=O) groups excluding carboxylic acids is 1. The third-order valence-corrected chi connectivity index (χ3v) is 3.75. The zero-order chi connectivity index (χ0) is 14.5. The predicted octanol–water partition coefficient (Wildman–Crippen LogP) is 3.16. The van der Waals surface area contributed by atoms with Gasteiger partial charge in [-0.2, -0.15) is 0 Å². The molecular formula is C17H25NO2. The minimum absolute atomic E-state index is 0.0746. The normalized spacial score (nSPS) is 19.4. The summed E-state index contributed by atoms with van der Waals surface area (Å²) in [4.78, 5) is 14.0. The minimum Gasteiger partial charge on any atom is -0.372 e. The van der Waals surface area contributed by atoms with Crippen LogP contribution in [-0.2, 0) is 16.1 Å². The number of aryl methyl sites for hydroxylation is 1. The van der Waals surface area contributed by atoms with Gasteiger partial charge < -0.3 is 9.64 Å². The lowest BCUT2D eigenvalue weighted by molar-refractivity contribution is -0.138. The fraction of sp³-hybridized carbons (Fsp3) is 0.588. The van der Waals surface area contributed by atoms with E-state index in [1.54, 1.807) is 0 Å². The van der Waals surface area contributed by atoms with Crippen molar-refractivity contribution in [3.63, 3.8) is 0 Å². The Morgan fingerprint density at radius 2 is 2.25 bits per heavy atom. The molecule has 1 amide bonds. The lowest BCUT2D eigenvalue weighted by Crippen LogP contribution is -2.44. The molecule has 1 heterocycles. The van der Waals surface area contributed by atoms with Crippen molar-refractivity contribution in [2.24, 2.45) is 5.92 Å². The Kier molecular flexibility index (Phi) is 5.18. The second kappa shape index (κ2) is 6.89. The second-order valence-corrected chi connectivity index (χ2v) is 6.00. The van der Waals surface area contributed by atoms with Gasteiger partial charge in [0.2, 0.25) is 5.91 Å². The monoisotopic (exact) mass is 275 g/mol. The SMILES string of the molecule is Cc1cccc(CO[C@@H]2CCCN(C(=O)C(C)C)C2)c1. The summed E-state index contributed by atoms with van der Waals surface area (Å²) in [5.41, 5.74) is 2.46. The van der Waals surface area contributed by atoms with Gasteiger partial charge in [-0.15, -0.1) is 0 Å². The molecule has 1 fully saturated rings. The van der Waals surface area contributed by atoms with E-state index in [0.29, 0.717) is 6.61 Å². The molecule has 1 aliphatic rings. The Labute approximate surface area is 121 Å². The number of carbonyl (C=O) groups is 1. The van der Waals surface area contributed by atoms with Crippen LogP contribution in [0.5, 0.6) is 0 Å². The molecule has 0 aromatic heterocycles. The van der Waals surface area contributed by atoms with Gasteiger partial charge in [-0.25, -0.2) is 0 Å². The number of hydrogen-bond acceptors (Lipinski definition) is 2. The number of piperidine rings is 1. The fourth-order valence-corrected chi connectivity index (χ4v) is 2.66. The summed E-state index contributed by atoms with van der Waals surface area (Å²) < 4.78 is 5.99. The van der Waals surface area contributed by atoms with Crippen molar-refractivity contribution in [1.82, 2.24) is 4.90 Å². The molecule has 0 saturated carbocycles. The van der Waals surface area contributed by atoms with E-state index >= 15 is 0 Å². The largest absolute Gasteiger partial charge is 0.372 e. The number of rotatable bonds is 4. The first-order chi connectivity index (χ1) is 9.56. The highest BCUT2D eigenvalue weighted by atomic mass is 16.5. The Morgan fingerprint density at radius 3 is 2.95 bits per heavy atom. The molecule has 20 heavy (non-hydrogen) atoms. The van der Waals surface area contributed by atoms with Crippen molar-refractivity contribution in [3.8, 4) is 0 Å². The molecule has 0 unspecified atom stereocenters. The quantitative estimate of drug-likeness (QED) is 0.844. The van der Waals surface area contributed by atoms with Crippen molar-refractivity contribution in [2.45, 2.75) is 46.3 Å². The van der Waals surface area contributed by atoms with Crippen molar-refractivity contribution >= 4 is 5.91 Å². The third kappa shape index (κ3) is 4.07. The third-order valence-electron chi connectivity index (χ3n) is 3.75. The summed E-state index contributed by atoms with van der Waals surface area (Å²) in [5, 5.41) is 0. The van der Waals surface area contributed by atoms with E-state index in [-0.39, 0.29) is 17.9 Å². The Balaban J connectivity index is 1.85. The van der Waals surface area contributed by atoms with Crippen LogP contribution >= 0.6 is 0 Å². The van der Waals surface area contributed by atoms with E-state index in [4.69, 9.17) is 4.74 Å². The van der Waals surface area contributed by atoms with Crippen molar-refractivity contribution in [2.75, 3.05) is 13.1 Å². The topological polar surface area (TPSA) is 29.5 Å². The summed E-state index contributed by atoms with van der Waals surface area (Å²) in [6.07, 6.45) is 2.26. The molecule has 1 aliphatic heterocycles. The summed E-state index contributed by atoms with van der Waals surface area (Å²) >= 11 is 0. The molecule has 0 spiro atoms. The van der Waals surface area contributed by atoms with Gasteiger partial charge in [0.15, 0.2) is 0 Å². The molecule has 3 nitrogen and oxygen atoms in total.